The number of hydrogen-bond donors (Lipinski definition) is 2. The number of nitrogens with one attached hydrogen (secondary N) is 1. The zero-order chi connectivity index (χ0) is 14.7. The first-order chi connectivity index (χ1) is 8.70. The van der Waals surface area contributed by atoms with E-state index in [2.05, 4.69) is 5.32 Å². The fraction of sp³-hybridized carbons (Fsp3) is 0.923. The summed E-state index contributed by atoms with van der Waals surface area (Å²) in [6, 6.07) is 0. The van der Waals surface area contributed by atoms with Crippen LogP contribution in [0.1, 0.15) is 39.5 Å². The molecule has 0 spiro atoms. The number of nitrogens with two attached hydrogens (primary N) is 1. The van der Waals surface area contributed by atoms with E-state index in [1.54, 1.807) is 0 Å². The van der Waals surface area contributed by atoms with E-state index < -0.39 is 20.5 Å². The van der Waals surface area contributed by atoms with Crippen molar-refractivity contribution in [1.29, 1.82) is 0 Å². The molecule has 0 radical (unpaired) electrons. The summed E-state index contributed by atoms with van der Waals surface area (Å²) in [5.41, 5.74) is 5.75. The van der Waals surface area contributed by atoms with Crippen LogP contribution < -0.4 is 11.1 Å². The summed E-state index contributed by atoms with van der Waals surface area (Å²) < 4.78 is 21.8. The van der Waals surface area contributed by atoms with Crippen molar-refractivity contribution in [3.05, 3.63) is 0 Å². The average molecular weight is 290 g/mol. The molecule has 1 aliphatic rings. The maximum absolute atomic E-state index is 12.0. The number of carbonyl (C=O) groups excluding carboxylic acids is 1. The summed E-state index contributed by atoms with van der Waals surface area (Å²) in [5, 5.41) is 2.79. The molecular weight excluding hydrogens is 264 g/mol. The van der Waals surface area contributed by atoms with Crippen molar-refractivity contribution in [2.24, 2.45) is 17.6 Å². The van der Waals surface area contributed by atoms with Gasteiger partial charge in [-0.15, -0.1) is 0 Å². The molecule has 19 heavy (non-hydrogen) atoms. The Morgan fingerprint density at radius 2 is 1.79 bits per heavy atom. The summed E-state index contributed by atoms with van der Waals surface area (Å²) in [5.74, 6) is 0.393. The van der Waals surface area contributed by atoms with E-state index in [1.165, 1.54) is 20.3 Å². The monoisotopic (exact) mass is 290 g/mol. The Morgan fingerprint density at radius 3 is 2.26 bits per heavy atom. The maximum atomic E-state index is 12.0. The number of amides is 1. The van der Waals surface area contributed by atoms with Gasteiger partial charge in [-0.05, 0) is 45.1 Å². The van der Waals surface area contributed by atoms with E-state index in [-0.39, 0.29) is 0 Å². The predicted molar refractivity (Wildman–Crippen MR) is 76.4 cm³/mol. The molecule has 6 heteroatoms. The Bertz CT molecular complexity index is 418. The second-order valence-corrected chi connectivity index (χ2v) is 8.60. The van der Waals surface area contributed by atoms with Gasteiger partial charge in [-0.3, -0.25) is 4.79 Å². The number of hydrogen-bond acceptors (Lipinski definition) is 4. The van der Waals surface area contributed by atoms with Crippen molar-refractivity contribution < 1.29 is 13.2 Å². The maximum Gasteiger partial charge on any atom is 0.240 e. The Morgan fingerprint density at radius 1 is 1.26 bits per heavy atom. The van der Waals surface area contributed by atoms with Crippen LogP contribution in [0.4, 0.5) is 0 Å². The average Bonchev–Trinajstić information content (AvgIpc) is 2.34. The summed E-state index contributed by atoms with van der Waals surface area (Å²) in [6.45, 7) is 4.05. The molecule has 0 aromatic heterocycles. The van der Waals surface area contributed by atoms with E-state index in [1.807, 2.05) is 0 Å². The van der Waals surface area contributed by atoms with Gasteiger partial charge in [-0.1, -0.05) is 12.8 Å². The molecule has 2 unspecified atom stereocenters. The Kier molecular flexibility index (Phi) is 5.38. The molecule has 112 valence electrons. The lowest BCUT2D eigenvalue weighted by Crippen LogP contribution is -2.49. The molecule has 0 heterocycles. The topological polar surface area (TPSA) is 89.3 Å². The molecule has 0 aromatic carbocycles. The summed E-state index contributed by atoms with van der Waals surface area (Å²) in [6.07, 6.45) is 5.61. The molecule has 0 aliphatic heterocycles. The van der Waals surface area contributed by atoms with Crippen molar-refractivity contribution in [2.45, 2.75) is 44.3 Å². The van der Waals surface area contributed by atoms with Crippen LogP contribution in [0.3, 0.4) is 0 Å². The largest absolute Gasteiger partial charge is 0.354 e. The van der Waals surface area contributed by atoms with Crippen molar-refractivity contribution in [2.75, 3.05) is 19.3 Å². The first-order valence-electron chi connectivity index (χ1n) is 6.88. The molecule has 5 nitrogen and oxygen atoms in total. The second kappa shape index (κ2) is 6.22. The minimum absolute atomic E-state index is 0.373. The molecule has 2 atom stereocenters. The van der Waals surface area contributed by atoms with Crippen LogP contribution in [0.2, 0.25) is 0 Å². The highest BCUT2D eigenvalue weighted by molar-refractivity contribution is 7.92. The van der Waals surface area contributed by atoms with Gasteiger partial charge in [0.25, 0.3) is 0 Å². The lowest BCUT2D eigenvalue weighted by Gasteiger charge is -2.31. The Balaban J connectivity index is 2.59. The Hall–Kier alpha value is -0.620. The van der Waals surface area contributed by atoms with Crippen molar-refractivity contribution in [1.82, 2.24) is 5.32 Å². The summed E-state index contributed by atoms with van der Waals surface area (Å²) in [7, 11) is -3.41. The molecule has 0 saturated heterocycles. The van der Waals surface area contributed by atoms with Gasteiger partial charge in [0.1, 0.15) is 4.75 Å². The van der Waals surface area contributed by atoms with Crippen LogP contribution in [0, 0.1) is 11.8 Å². The summed E-state index contributed by atoms with van der Waals surface area (Å²) in [4.78, 5) is 12.0. The van der Waals surface area contributed by atoms with Crippen molar-refractivity contribution in [3.63, 3.8) is 0 Å². The van der Waals surface area contributed by atoms with Gasteiger partial charge in [-0.2, -0.15) is 0 Å². The van der Waals surface area contributed by atoms with Gasteiger partial charge in [0, 0.05) is 12.8 Å². The quantitative estimate of drug-likeness (QED) is 0.779. The minimum atomic E-state index is -3.41. The minimum Gasteiger partial charge on any atom is -0.354 e. The molecule has 1 rings (SSSR count). The van der Waals surface area contributed by atoms with E-state index in [9.17, 15) is 13.2 Å². The molecule has 1 amide bonds. The molecule has 0 aromatic rings. The fourth-order valence-corrected chi connectivity index (χ4v) is 2.88. The van der Waals surface area contributed by atoms with Crippen LogP contribution >= 0.6 is 0 Å². The van der Waals surface area contributed by atoms with Gasteiger partial charge in [0.15, 0.2) is 9.84 Å². The normalized spacial score (nSPS) is 25.1. The predicted octanol–water partition coefficient (Wildman–Crippen LogP) is 0.691. The number of rotatable bonds is 5. The zero-order valence-corrected chi connectivity index (χ0v) is 12.9. The zero-order valence-electron chi connectivity index (χ0n) is 12.1. The smallest absolute Gasteiger partial charge is 0.240 e. The molecule has 1 aliphatic carbocycles. The Labute approximate surface area is 116 Å². The summed E-state index contributed by atoms with van der Waals surface area (Å²) >= 11 is 0. The standard InChI is InChI=1S/C13H26N2O3S/c1-13(2,19(3,17)18)12(16)15-9-11-7-5-4-6-10(11)8-14/h10-11H,4-9,14H2,1-3H3,(H,15,16). The fourth-order valence-electron chi connectivity index (χ4n) is 2.47. The lowest BCUT2D eigenvalue weighted by atomic mass is 9.79. The van der Waals surface area contributed by atoms with Crippen LogP contribution in [0.25, 0.3) is 0 Å². The van der Waals surface area contributed by atoms with Crippen LogP contribution in [0.15, 0.2) is 0 Å². The molecule has 0 bridgehead atoms. The van der Waals surface area contributed by atoms with Crippen LogP contribution in [0.5, 0.6) is 0 Å². The van der Waals surface area contributed by atoms with Gasteiger partial charge >= 0.3 is 0 Å². The first-order valence-corrected chi connectivity index (χ1v) is 8.77. The van der Waals surface area contributed by atoms with Crippen molar-refractivity contribution >= 4 is 15.7 Å². The van der Waals surface area contributed by atoms with E-state index in [4.69, 9.17) is 5.73 Å². The third kappa shape index (κ3) is 3.92. The van der Waals surface area contributed by atoms with E-state index in [0.29, 0.717) is 24.9 Å². The van der Waals surface area contributed by atoms with Crippen molar-refractivity contribution in [3.8, 4) is 0 Å². The molecular formula is C13H26N2O3S. The van der Waals surface area contributed by atoms with Gasteiger partial charge < -0.3 is 11.1 Å². The van der Waals surface area contributed by atoms with Gasteiger partial charge in [-0.25, -0.2) is 8.42 Å². The van der Waals surface area contributed by atoms with Crippen LogP contribution in [-0.4, -0.2) is 38.4 Å². The van der Waals surface area contributed by atoms with Crippen LogP contribution in [-0.2, 0) is 14.6 Å². The third-order valence-electron chi connectivity index (χ3n) is 4.37. The third-order valence-corrected chi connectivity index (χ3v) is 6.41. The lowest BCUT2D eigenvalue weighted by molar-refractivity contribution is -0.123. The number of carbonyl (C=O) groups is 1. The first kappa shape index (κ1) is 16.4. The molecule has 1 fully saturated rings. The number of sulfone groups is 1. The highest BCUT2D eigenvalue weighted by Gasteiger charge is 2.38. The SMILES string of the molecule is CC(C)(C(=O)NCC1CCCCC1CN)S(C)(=O)=O. The highest BCUT2D eigenvalue weighted by atomic mass is 32.2. The van der Waals surface area contributed by atoms with Gasteiger partial charge in [0.2, 0.25) is 5.91 Å². The second-order valence-electron chi connectivity index (χ2n) is 6.03. The van der Waals surface area contributed by atoms with E-state index in [0.717, 1.165) is 25.5 Å². The highest BCUT2D eigenvalue weighted by Crippen LogP contribution is 2.29. The van der Waals surface area contributed by atoms with Gasteiger partial charge in [0.05, 0.1) is 0 Å². The molecule has 3 N–H and O–H groups in total. The molecule has 1 saturated carbocycles. The van der Waals surface area contributed by atoms with E-state index >= 15 is 0 Å².